The number of carbonyl (C=O) groups is 1. The van der Waals surface area contributed by atoms with Gasteiger partial charge in [0.25, 0.3) is 0 Å². The van der Waals surface area contributed by atoms with Crippen molar-refractivity contribution < 1.29 is 23.4 Å². The molecular formula is C29H36FN7O4. The van der Waals surface area contributed by atoms with Gasteiger partial charge < -0.3 is 29.8 Å². The molecule has 0 saturated carbocycles. The van der Waals surface area contributed by atoms with Crippen LogP contribution in [0.3, 0.4) is 0 Å². The number of halogens is 1. The highest BCUT2D eigenvalue weighted by Gasteiger charge is 2.40. The molecule has 11 nitrogen and oxygen atoms in total. The molecule has 12 heteroatoms. The zero-order chi connectivity index (χ0) is 28.7. The fourth-order valence-electron chi connectivity index (χ4n) is 4.69. The topological polar surface area (TPSA) is 127 Å². The van der Waals surface area contributed by atoms with E-state index < -0.39 is 11.7 Å². The van der Waals surface area contributed by atoms with Gasteiger partial charge in [-0.15, -0.1) is 6.58 Å². The Morgan fingerprint density at radius 2 is 1.95 bits per heavy atom. The molecule has 0 aliphatic carbocycles. The molecular weight excluding hydrogens is 529 g/mol. The molecule has 0 spiro atoms. The normalized spacial score (nSPS) is 21.4. The summed E-state index contributed by atoms with van der Waals surface area (Å²) in [4.78, 5) is 32.1. The third kappa shape index (κ3) is 7.14. The van der Waals surface area contributed by atoms with Crippen molar-refractivity contribution in [3.05, 3.63) is 60.8 Å². The number of imidazole rings is 1. The summed E-state index contributed by atoms with van der Waals surface area (Å²) in [5, 5.41) is 6.11. The zero-order valence-electron chi connectivity index (χ0n) is 23.2. The van der Waals surface area contributed by atoms with Crippen molar-refractivity contribution in [2.75, 3.05) is 64.5 Å². The van der Waals surface area contributed by atoms with Gasteiger partial charge in [0.2, 0.25) is 18.1 Å². The highest BCUT2D eigenvalue weighted by Crippen LogP contribution is 2.35. The lowest BCUT2D eigenvalue weighted by molar-refractivity contribution is -0.230. The molecule has 2 aliphatic rings. The summed E-state index contributed by atoms with van der Waals surface area (Å²) in [5.41, 5.74) is 1.66. The Bertz CT molecular complexity index is 1320. The molecule has 5 rings (SSSR count). The van der Waals surface area contributed by atoms with E-state index in [1.165, 1.54) is 12.1 Å². The highest BCUT2D eigenvalue weighted by molar-refractivity contribution is 5.82. The number of hydrogen-bond donors (Lipinski definition) is 3. The van der Waals surface area contributed by atoms with Crippen LogP contribution in [0.4, 0.5) is 10.3 Å². The second kappa shape index (κ2) is 13.3. The third-order valence-electron chi connectivity index (χ3n) is 7.07. The Balaban J connectivity index is 1.32. The van der Waals surface area contributed by atoms with Crippen molar-refractivity contribution in [1.29, 1.82) is 0 Å². The molecule has 2 saturated heterocycles. The standard InChI is InChI=1S/C29H36FN7O4/c1-3-10-31-27(38)29(2)18-40-26(41-19-29)25-35-23(20-5-7-21(30)8-6-20)24(36-25)22-9-12-33-28(34-22)32-11-4-13-37-14-16-39-17-15-37/h3,5-9,12,26H,1,4,10-11,13-19H2,2H3,(H,31,38)(H,35,36)(H,32,33,34). The molecule has 0 radical (unpaired) electrons. The molecule has 218 valence electrons. The van der Waals surface area contributed by atoms with Gasteiger partial charge in [0.15, 0.2) is 5.82 Å². The Labute approximate surface area is 238 Å². The molecule has 2 fully saturated rings. The van der Waals surface area contributed by atoms with E-state index in [1.54, 1.807) is 37.4 Å². The Morgan fingerprint density at radius 1 is 1.20 bits per heavy atom. The van der Waals surface area contributed by atoms with E-state index >= 15 is 0 Å². The summed E-state index contributed by atoms with van der Waals surface area (Å²) in [7, 11) is 0. The summed E-state index contributed by atoms with van der Waals surface area (Å²) in [6, 6.07) is 7.88. The first-order valence-corrected chi connectivity index (χ1v) is 13.8. The van der Waals surface area contributed by atoms with Crippen molar-refractivity contribution in [2.45, 2.75) is 19.6 Å². The maximum atomic E-state index is 13.7. The quantitative estimate of drug-likeness (QED) is 0.237. The predicted molar refractivity (Wildman–Crippen MR) is 151 cm³/mol. The van der Waals surface area contributed by atoms with Crippen molar-refractivity contribution in [2.24, 2.45) is 5.41 Å². The largest absolute Gasteiger partial charge is 0.379 e. The van der Waals surface area contributed by atoms with Crippen molar-refractivity contribution in [3.8, 4) is 22.6 Å². The minimum Gasteiger partial charge on any atom is -0.379 e. The van der Waals surface area contributed by atoms with Crippen molar-refractivity contribution in [3.63, 3.8) is 0 Å². The summed E-state index contributed by atoms with van der Waals surface area (Å²) in [6.07, 6.45) is 3.43. The molecule has 4 heterocycles. The lowest BCUT2D eigenvalue weighted by Gasteiger charge is -2.35. The molecule has 0 bridgehead atoms. The minimum atomic E-state index is -0.844. The Kier molecular flexibility index (Phi) is 9.35. The minimum absolute atomic E-state index is 0.147. The third-order valence-corrected chi connectivity index (χ3v) is 7.07. The first-order chi connectivity index (χ1) is 19.9. The molecule has 41 heavy (non-hydrogen) atoms. The Hall–Kier alpha value is -3.71. The van der Waals surface area contributed by atoms with E-state index in [1.807, 2.05) is 0 Å². The number of H-pyrrole nitrogens is 1. The molecule has 3 N–H and O–H groups in total. The van der Waals surface area contributed by atoms with E-state index in [0.717, 1.165) is 45.8 Å². The number of nitrogens with one attached hydrogen (secondary N) is 3. The first-order valence-electron chi connectivity index (χ1n) is 13.8. The summed E-state index contributed by atoms with van der Waals surface area (Å²) in [5.74, 6) is 0.405. The van der Waals surface area contributed by atoms with Crippen LogP contribution < -0.4 is 10.6 Å². The van der Waals surface area contributed by atoms with Gasteiger partial charge in [-0.3, -0.25) is 9.69 Å². The van der Waals surface area contributed by atoms with Gasteiger partial charge in [0.1, 0.15) is 5.82 Å². The number of aromatic amines is 1. The number of rotatable bonds is 11. The number of amides is 1. The number of anilines is 1. The van der Waals surface area contributed by atoms with Crippen LogP contribution in [0.1, 0.15) is 25.5 Å². The number of morpholine rings is 1. The summed E-state index contributed by atoms with van der Waals surface area (Å²) in [6.45, 7) is 11.2. The van der Waals surface area contributed by atoms with Crippen molar-refractivity contribution >= 4 is 11.9 Å². The van der Waals surface area contributed by atoms with E-state index in [-0.39, 0.29) is 24.9 Å². The lowest BCUT2D eigenvalue weighted by Crippen LogP contribution is -2.48. The smallest absolute Gasteiger partial charge is 0.230 e. The van der Waals surface area contributed by atoms with Crippen molar-refractivity contribution in [1.82, 2.24) is 30.2 Å². The SMILES string of the molecule is C=CCNC(=O)C1(C)COC(c2nc(-c3ccc(F)cc3)c(-c3ccnc(NCCCN4CCOCC4)n3)[nH]2)OC1. The number of ether oxygens (including phenoxy) is 3. The van der Waals surface area contributed by atoms with Crippen LogP contribution in [-0.4, -0.2) is 89.9 Å². The van der Waals surface area contributed by atoms with Crippen LogP contribution in [-0.2, 0) is 19.0 Å². The lowest BCUT2D eigenvalue weighted by atomic mass is 9.91. The summed E-state index contributed by atoms with van der Waals surface area (Å²) < 4.78 is 31.0. The van der Waals surface area contributed by atoms with Gasteiger partial charge >= 0.3 is 0 Å². The molecule has 1 aromatic carbocycles. The van der Waals surface area contributed by atoms with Crippen LogP contribution in [0.15, 0.2) is 49.2 Å². The average Bonchev–Trinajstić information content (AvgIpc) is 3.45. The van der Waals surface area contributed by atoms with Crippen LogP contribution in [0.5, 0.6) is 0 Å². The zero-order valence-corrected chi connectivity index (χ0v) is 23.2. The molecule has 0 atom stereocenters. The van der Waals surface area contributed by atoms with E-state index in [4.69, 9.17) is 24.2 Å². The molecule has 0 unspecified atom stereocenters. The Morgan fingerprint density at radius 3 is 2.68 bits per heavy atom. The number of aromatic nitrogens is 4. The fourth-order valence-corrected chi connectivity index (χ4v) is 4.69. The summed E-state index contributed by atoms with van der Waals surface area (Å²) >= 11 is 0. The predicted octanol–water partition coefficient (Wildman–Crippen LogP) is 3.16. The van der Waals surface area contributed by atoms with Crippen LogP contribution in [0, 0.1) is 11.2 Å². The number of hydrogen-bond acceptors (Lipinski definition) is 9. The second-order valence-corrected chi connectivity index (χ2v) is 10.4. The fraction of sp³-hybridized carbons (Fsp3) is 0.448. The number of benzene rings is 1. The van der Waals surface area contributed by atoms with Gasteiger partial charge in [-0.05, 0) is 50.2 Å². The molecule has 2 aliphatic heterocycles. The first kappa shape index (κ1) is 28.8. The van der Waals surface area contributed by atoms with Gasteiger partial charge in [-0.2, -0.15) is 0 Å². The highest BCUT2D eigenvalue weighted by atomic mass is 19.1. The van der Waals surface area contributed by atoms with Gasteiger partial charge in [-0.25, -0.2) is 19.3 Å². The number of carbonyl (C=O) groups excluding carboxylic acids is 1. The average molecular weight is 566 g/mol. The number of nitrogens with zero attached hydrogens (tertiary/aromatic N) is 4. The van der Waals surface area contributed by atoms with Gasteiger partial charge in [-0.1, -0.05) is 6.08 Å². The maximum absolute atomic E-state index is 13.7. The van der Waals surface area contributed by atoms with Crippen LogP contribution in [0.2, 0.25) is 0 Å². The monoisotopic (exact) mass is 565 g/mol. The molecule has 2 aromatic heterocycles. The van der Waals surface area contributed by atoms with Crippen LogP contribution in [0.25, 0.3) is 22.6 Å². The molecule has 1 amide bonds. The van der Waals surface area contributed by atoms with Gasteiger partial charge in [0.05, 0.1) is 48.9 Å². The van der Waals surface area contributed by atoms with Gasteiger partial charge in [0, 0.05) is 37.9 Å². The second-order valence-electron chi connectivity index (χ2n) is 10.4. The maximum Gasteiger partial charge on any atom is 0.230 e. The van der Waals surface area contributed by atoms with E-state index in [9.17, 15) is 9.18 Å². The van der Waals surface area contributed by atoms with E-state index in [2.05, 4.69) is 32.1 Å². The molecule has 3 aromatic rings. The van der Waals surface area contributed by atoms with Crippen LogP contribution >= 0.6 is 0 Å². The van der Waals surface area contributed by atoms with E-state index in [0.29, 0.717) is 41.0 Å².